The number of carbonyl (C=O) groups excluding carboxylic acids is 1. The van der Waals surface area contributed by atoms with Gasteiger partial charge in [0.25, 0.3) is 5.91 Å². The number of fused-ring (bicyclic) bond motifs is 1. The first-order valence-electron chi connectivity index (χ1n) is 8.83. The van der Waals surface area contributed by atoms with Crippen LogP contribution < -0.4 is 10.2 Å². The Morgan fingerprint density at radius 3 is 2.73 bits per heavy atom. The van der Waals surface area contributed by atoms with E-state index in [1.807, 2.05) is 36.4 Å². The molecule has 0 saturated heterocycles. The molecule has 3 aromatic rings. The lowest BCUT2D eigenvalue weighted by Crippen LogP contribution is -2.20. The van der Waals surface area contributed by atoms with E-state index in [-0.39, 0.29) is 5.91 Å². The predicted molar refractivity (Wildman–Crippen MR) is 103 cm³/mol. The van der Waals surface area contributed by atoms with Crippen molar-refractivity contribution >= 4 is 23.2 Å². The van der Waals surface area contributed by atoms with Crippen LogP contribution in [0, 0.1) is 0 Å². The maximum atomic E-state index is 12.6. The molecule has 1 aliphatic rings. The number of para-hydroxylation sites is 1. The molecule has 2 heterocycles. The zero-order valence-corrected chi connectivity index (χ0v) is 14.6. The number of amides is 1. The first kappa shape index (κ1) is 16.3. The number of nitrogens with zero attached hydrogens (tertiary/aromatic N) is 3. The van der Waals surface area contributed by atoms with Crippen molar-refractivity contribution in [3.63, 3.8) is 0 Å². The molecule has 2 aromatic carbocycles. The standard InChI is InChI=1S/C21H20N4O/c1-2-15-7-9-17(10-8-15)23-20(26)18-11-13-22-21(24-18)25-14-12-16-5-3-4-6-19(16)25/h3-11,13H,2,12,14H2,1H3,(H,23,26). The van der Waals surface area contributed by atoms with Crippen LogP contribution in [-0.4, -0.2) is 22.4 Å². The van der Waals surface area contributed by atoms with Crippen LogP contribution in [0.2, 0.25) is 0 Å². The molecule has 0 aliphatic carbocycles. The van der Waals surface area contributed by atoms with Gasteiger partial charge in [-0.3, -0.25) is 4.79 Å². The van der Waals surface area contributed by atoms with E-state index < -0.39 is 0 Å². The van der Waals surface area contributed by atoms with Gasteiger partial charge in [0.1, 0.15) is 5.69 Å². The molecule has 1 aromatic heterocycles. The SMILES string of the molecule is CCc1ccc(NC(=O)c2ccnc(N3CCc4ccccc43)n2)cc1. The van der Waals surface area contributed by atoms with Crippen LogP contribution in [0.1, 0.15) is 28.5 Å². The first-order chi connectivity index (χ1) is 12.7. The maximum absolute atomic E-state index is 12.6. The molecule has 0 atom stereocenters. The van der Waals surface area contributed by atoms with Crippen molar-refractivity contribution in [2.75, 3.05) is 16.8 Å². The van der Waals surface area contributed by atoms with Gasteiger partial charge in [-0.15, -0.1) is 0 Å². The highest BCUT2D eigenvalue weighted by Crippen LogP contribution is 2.32. The second-order valence-electron chi connectivity index (χ2n) is 6.28. The fraction of sp³-hybridized carbons (Fsp3) is 0.190. The van der Waals surface area contributed by atoms with Crippen LogP contribution in [0.3, 0.4) is 0 Å². The molecule has 1 aliphatic heterocycles. The minimum absolute atomic E-state index is 0.231. The minimum Gasteiger partial charge on any atom is -0.321 e. The van der Waals surface area contributed by atoms with E-state index in [0.29, 0.717) is 11.6 Å². The summed E-state index contributed by atoms with van der Waals surface area (Å²) >= 11 is 0. The molecule has 5 nitrogen and oxygen atoms in total. The largest absolute Gasteiger partial charge is 0.321 e. The summed E-state index contributed by atoms with van der Waals surface area (Å²) in [4.78, 5) is 23.5. The van der Waals surface area contributed by atoms with Gasteiger partial charge in [0.05, 0.1) is 0 Å². The van der Waals surface area contributed by atoms with Crippen molar-refractivity contribution < 1.29 is 4.79 Å². The highest BCUT2D eigenvalue weighted by Gasteiger charge is 2.22. The Kier molecular flexibility index (Phi) is 4.35. The molecule has 0 bridgehead atoms. The van der Waals surface area contributed by atoms with E-state index in [0.717, 1.165) is 30.8 Å². The summed E-state index contributed by atoms with van der Waals surface area (Å²) in [6.45, 7) is 2.93. The number of aromatic nitrogens is 2. The molecule has 4 rings (SSSR count). The van der Waals surface area contributed by atoms with Crippen LogP contribution in [0.15, 0.2) is 60.8 Å². The molecule has 130 valence electrons. The summed E-state index contributed by atoms with van der Waals surface area (Å²) in [5, 5.41) is 2.90. The molecule has 0 saturated carbocycles. The van der Waals surface area contributed by atoms with Gasteiger partial charge in [-0.2, -0.15) is 0 Å². The number of nitrogens with one attached hydrogen (secondary N) is 1. The van der Waals surface area contributed by atoms with E-state index in [4.69, 9.17) is 0 Å². The second kappa shape index (κ2) is 6.96. The highest BCUT2D eigenvalue weighted by atomic mass is 16.1. The molecule has 5 heteroatoms. The number of rotatable bonds is 4. The number of hydrogen-bond donors (Lipinski definition) is 1. The Morgan fingerprint density at radius 1 is 1.12 bits per heavy atom. The third-order valence-corrected chi connectivity index (χ3v) is 4.62. The summed E-state index contributed by atoms with van der Waals surface area (Å²) in [6.07, 6.45) is 3.57. The molecule has 1 amide bonds. The summed E-state index contributed by atoms with van der Waals surface area (Å²) < 4.78 is 0. The van der Waals surface area contributed by atoms with Gasteiger partial charge in [0, 0.05) is 24.1 Å². The number of benzene rings is 2. The van der Waals surface area contributed by atoms with E-state index in [9.17, 15) is 4.79 Å². The van der Waals surface area contributed by atoms with E-state index in [2.05, 4.69) is 39.2 Å². The quantitative estimate of drug-likeness (QED) is 0.777. The second-order valence-corrected chi connectivity index (χ2v) is 6.28. The highest BCUT2D eigenvalue weighted by molar-refractivity contribution is 6.03. The number of anilines is 3. The van der Waals surface area contributed by atoms with Gasteiger partial charge in [0.15, 0.2) is 0 Å². The predicted octanol–water partition coefficient (Wildman–Crippen LogP) is 3.99. The van der Waals surface area contributed by atoms with Crippen molar-refractivity contribution in [1.29, 1.82) is 0 Å². The molecule has 26 heavy (non-hydrogen) atoms. The van der Waals surface area contributed by atoms with Crippen molar-refractivity contribution in [3.05, 3.63) is 77.6 Å². The zero-order chi connectivity index (χ0) is 17.9. The topological polar surface area (TPSA) is 58.1 Å². The third kappa shape index (κ3) is 3.16. The van der Waals surface area contributed by atoms with Crippen LogP contribution in [-0.2, 0) is 12.8 Å². The Morgan fingerprint density at radius 2 is 1.92 bits per heavy atom. The number of hydrogen-bond acceptors (Lipinski definition) is 4. The number of aryl methyl sites for hydroxylation is 1. The third-order valence-electron chi connectivity index (χ3n) is 4.62. The molecule has 1 N–H and O–H groups in total. The molecule has 0 spiro atoms. The Hall–Kier alpha value is -3.21. The van der Waals surface area contributed by atoms with Crippen LogP contribution >= 0.6 is 0 Å². The lowest BCUT2D eigenvalue weighted by Gasteiger charge is -2.17. The maximum Gasteiger partial charge on any atom is 0.274 e. The Labute approximate surface area is 152 Å². The van der Waals surface area contributed by atoms with Crippen LogP contribution in [0.4, 0.5) is 17.3 Å². The van der Waals surface area contributed by atoms with Crippen molar-refractivity contribution in [2.24, 2.45) is 0 Å². The molecular formula is C21H20N4O. The van der Waals surface area contributed by atoms with E-state index in [1.54, 1.807) is 12.3 Å². The zero-order valence-electron chi connectivity index (χ0n) is 14.6. The van der Waals surface area contributed by atoms with Gasteiger partial charge in [0.2, 0.25) is 5.95 Å². The minimum atomic E-state index is -0.231. The van der Waals surface area contributed by atoms with Gasteiger partial charge in [-0.1, -0.05) is 37.3 Å². The van der Waals surface area contributed by atoms with Crippen molar-refractivity contribution in [1.82, 2.24) is 9.97 Å². The van der Waals surface area contributed by atoms with Crippen molar-refractivity contribution in [3.8, 4) is 0 Å². The van der Waals surface area contributed by atoms with Crippen molar-refractivity contribution in [2.45, 2.75) is 19.8 Å². The average molecular weight is 344 g/mol. The fourth-order valence-corrected chi connectivity index (χ4v) is 3.17. The Balaban J connectivity index is 1.55. The summed E-state index contributed by atoms with van der Waals surface area (Å²) in [6, 6.07) is 17.7. The smallest absolute Gasteiger partial charge is 0.274 e. The van der Waals surface area contributed by atoms with E-state index in [1.165, 1.54) is 11.1 Å². The van der Waals surface area contributed by atoms with Gasteiger partial charge in [-0.05, 0) is 48.2 Å². The fourth-order valence-electron chi connectivity index (χ4n) is 3.17. The molecule has 0 radical (unpaired) electrons. The number of carbonyl (C=O) groups is 1. The van der Waals surface area contributed by atoms with Gasteiger partial charge >= 0.3 is 0 Å². The van der Waals surface area contributed by atoms with Crippen LogP contribution in [0.25, 0.3) is 0 Å². The lowest BCUT2D eigenvalue weighted by atomic mass is 10.1. The molecule has 0 unspecified atom stereocenters. The van der Waals surface area contributed by atoms with Gasteiger partial charge in [-0.25, -0.2) is 9.97 Å². The average Bonchev–Trinajstić information content (AvgIpc) is 3.13. The van der Waals surface area contributed by atoms with Crippen LogP contribution in [0.5, 0.6) is 0 Å². The lowest BCUT2D eigenvalue weighted by molar-refractivity contribution is 0.102. The molecular weight excluding hydrogens is 324 g/mol. The first-order valence-corrected chi connectivity index (χ1v) is 8.83. The van der Waals surface area contributed by atoms with Gasteiger partial charge < -0.3 is 10.2 Å². The summed E-state index contributed by atoms with van der Waals surface area (Å²) in [5.41, 5.74) is 4.75. The monoisotopic (exact) mass is 344 g/mol. The molecule has 0 fully saturated rings. The summed E-state index contributed by atoms with van der Waals surface area (Å²) in [7, 11) is 0. The normalized spacial score (nSPS) is 12.7. The summed E-state index contributed by atoms with van der Waals surface area (Å²) in [5.74, 6) is 0.328. The Bertz CT molecular complexity index is 937. The van der Waals surface area contributed by atoms with E-state index >= 15 is 0 Å².